The molecule has 6 heteroatoms. The van der Waals surface area contributed by atoms with Gasteiger partial charge in [-0.05, 0) is 18.9 Å². The van der Waals surface area contributed by atoms with E-state index < -0.39 is 0 Å². The van der Waals surface area contributed by atoms with Gasteiger partial charge in [-0.15, -0.1) is 0 Å². The first-order valence-electron chi connectivity index (χ1n) is 9.78. The summed E-state index contributed by atoms with van der Waals surface area (Å²) in [6.07, 6.45) is 2.59. The third kappa shape index (κ3) is 5.78. The average Bonchev–Trinajstić information content (AvgIpc) is 3.16. The summed E-state index contributed by atoms with van der Waals surface area (Å²) >= 11 is 0. The minimum atomic E-state index is -0.248. The van der Waals surface area contributed by atoms with E-state index in [4.69, 9.17) is 4.74 Å². The Morgan fingerprint density at radius 1 is 1.03 bits per heavy atom. The monoisotopic (exact) mass is 391 g/mol. The number of hydrogen-bond acceptors (Lipinski definition) is 4. The lowest BCUT2D eigenvalue weighted by Gasteiger charge is -2.05. The van der Waals surface area contributed by atoms with Crippen LogP contribution in [0.3, 0.4) is 0 Å². The van der Waals surface area contributed by atoms with Crippen LogP contribution in [0.15, 0.2) is 66.9 Å². The standard InChI is InChI=1S/C23H25N3O3/c1-2-29-21(27)14-9-15-24-23(28)20-17-26(16-18-10-5-3-6-11-18)25-22(20)19-12-7-4-8-13-19/h3-8,10-13,17H,2,9,14-16H2,1H3,(H,24,28). The maximum absolute atomic E-state index is 12.8. The molecule has 1 heterocycles. The fourth-order valence-electron chi connectivity index (χ4n) is 3.01. The topological polar surface area (TPSA) is 73.2 Å². The fraction of sp³-hybridized carbons (Fsp3) is 0.261. The molecule has 0 saturated carbocycles. The number of ether oxygens (including phenoxy) is 1. The lowest BCUT2D eigenvalue weighted by atomic mass is 10.1. The maximum atomic E-state index is 12.8. The van der Waals surface area contributed by atoms with Crippen molar-refractivity contribution in [2.45, 2.75) is 26.3 Å². The molecule has 0 radical (unpaired) electrons. The van der Waals surface area contributed by atoms with E-state index >= 15 is 0 Å². The largest absolute Gasteiger partial charge is 0.466 e. The van der Waals surface area contributed by atoms with Gasteiger partial charge >= 0.3 is 5.97 Å². The van der Waals surface area contributed by atoms with Crippen molar-refractivity contribution >= 4 is 11.9 Å². The highest BCUT2D eigenvalue weighted by molar-refractivity contribution is 5.99. The number of esters is 1. The number of hydrogen-bond donors (Lipinski definition) is 1. The van der Waals surface area contributed by atoms with Crippen molar-refractivity contribution in [1.29, 1.82) is 0 Å². The van der Waals surface area contributed by atoms with Crippen LogP contribution in [0.5, 0.6) is 0 Å². The number of carbonyl (C=O) groups is 2. The van der Waals surface area contributed by atoms with Crippen molar-refractivity contribution in [2.24, 2.45) is 0 Å². The van der Waals surface area contributed by atoms with Crippen molar-refractivity contribution < 1.29 is 14.3 Å². The number of rotatable bonds is 9. The molecule has 0 unspecified atom stereocenters. The molecule has 0 aliphatic heterocycles. The number of benzene rings is 2. The summed E-state index contributed by atoms with van der Waals surface area (Å²) in [5, 5.41) is 7.54. The molecule has 2 aromatic carbocycles. The molecule has 0 atom stereocenters. The highest BCUT2D eigenvalue weighted by atomic mass is 16.5. The van der Waals surface area contributed by atoms with Crippen LogP contribution in [-0.2, 0) is 16.1 Å². The van der Waals surface area contributed by atoms with Gasteiger partial charge in [-0.25, -0.2) is 0 Å². The summed E-state index contributed by atoms with van der Waals surface area (Å²) in [5.41, 5.74) is 3.15. The molecular weight excluding hydrogens is 366 g/mol. The SMILES string of the molecule is CCOC(=O)CCCNC(=O)c1cn(Cc2ccccc2)nc1-c1ccccc1. The van der Waals surface area contributed by atoms with Crippen molar-refractivity contribution in [3.05, 3.63) is 78.0 Å². The molecule has 1 aromatic heterocycles. The third-order valence-corrected chi connectivity index (χ3v) is 4.39. The van der Waals surface area contributed by atoms with E-state index in [-0.39, 0.29) is 18.3 Å². The lowest BCUT2D eigenvalue weighted by Crippen LogP contribution is -2.25. The summed E-state index contributed by atoms with van der Waals surface area (Å²) in [6.45, 7) is 3.12. The molecule has 1 N–H and O–H groups in total. The van der Waals surface area contributed by atoms with Gasteiger partial charge in [-0.2, -0.15) is 5.10 Å². The second-order valence-corrected chi connectivity index (χ2v) is 6.61. The Labute approximate surface area is 170 Å². The molecule has 0 spiro atoms. The number of nitrogens with zero attached hydrogens (tertiary/aromatic N) is 2. The van der Waals surface area contributed by atoms with Gasteiger partial charge in [0, 0.05) is 24.7 Å². The zero-order valence-corrected chi connectivity index (χ0v) is 16.5. The highest BCUT2D eigenvalue weighted by Gasteiger charge is 2.18. The summed E-state index contributed by atoms with van der Waals surface area (Å²) in [5.74, 6) is -0.450. The number of aromatic nitrogens is 2. The van der Waals surface area contributed by atoms with Crippen molar-refractivity contribution in [1.82, 2.24) is 15.1 Å². The van der Waals surface area contributed by atoms with Crippen LogP contribution in [0.1, 0.15) is 35.7 Å². The summed E-state index contributed by atoms with van der Waals surface area (Å²) < 4.78 is 6.69. The lowest BCUT2D eigenvalue weighted by molar-refractivity contribution is -0.143. The second-order valence-electron chi connectivity index (χ2n) is 6.61. The number of carbonyl (C=O) groups excluding carboxylic acids is 2. The minimum Gasteiger partial charge on any atom is -0.466 e. The van der Waals surface area contributed by atoms with Crippen molar-refractivity contribution in [3.8, 4) is 11.3 Å². The normalized spacial score (nSPS) is 10.5. The zero-order chi connectivity index (χ0) is 20.5. The Bertz CT molecular complexity index is 937. The van der Waals surface area contributed by atoms with Crippen LogP contribution < -0.4 is 5.32 Å². The Kier molecular flexibility index (Phi) is 7.16. The van der Waals surface area contributed by atoms with Gasteiger partial charge in [0.25, 0.3) is 5.91 Å². The van der Waals surface area contributed by atoms with Gasteiger partial charge in [0.1, 0.15) is 5.69 Å². The number of amides is 1. The zero-order valence-electron chi connectivity index (χ0n) is 16.5. The van der Waals surface area contributed by atoms with Gasteiger partial charge in [-0.3, -0.25) is 14.3 Å². The fourth-order valence-corrected chi connectivity index (χ4v) is 3.01. The van der Waals surface area contributed by atoms with Crippen LogP contribution >= 0.6 is 0 Å². The van der Waals surface area contributed by atoms with Crippen molar-refractivity contribution in [2.75, 3.05) is 13.2 Å². The first-order chi connectivity index (χ1) is 14.2. The minimum absolute atomic E-state index is 0.202. The van der Waals surface area contributed by atoms with Crippen molar-refractivity contribution in [3.63, 3.8) is 0 Å². The molecule has 29 heavy (non-hydrogen) atoms. The van der Waals surface area contributed by atoms with Crippen LogP contribution in [0, 0.1) is 0 Å². The molecule has 0 saturated heterocycles. The predicted octanol–water partition coefficient (Wildman–Crippen LogP) is 3.67. The van der Waals surface area contributed by atoms with E-state index in [0.717, 1.165) is 11.1 Å². The Hall–Kier alpha value is -3.41. The van der Waals surface area contributed by atoms with Crippen LogP contribution in [-0.4, -0.2) is 34.8 Å². The summed E-state index contributed by atoms with van der Waals surface area (Å²) in [7, 11) is 0. The summed E-state index contributed by atoms with van der Waals surface area (Å²) in [4.78, 5) is 24.2. The molecule has 3 rings (SSSR count). The van der Waals surface area contributed by atoms with E-state index in [9.17, 15) is 9.59 Å². The van der Waals surface area contributed by atoms with Crippen LogP contribution in [0.2, 0.25) is 0 Å². The second kappa shape index (κ2) is 10.2. The average molecular weight is 391 g/mol. The van der Waals surface area contributed by atoms with Gasteiger partial charge in [0.2, 0.25) is 0 Å². The van der Waals surface area contributed by atoms with Gasteiger partial charge in [-0.1, -0.05) is 60.7 Å². The van der Waals surface area contributed by atoms with Crippen LogP contribution in [0.25, 0.3) is 11.3 Å². The Morgan fingerprint density at radius 2 is 1.72 bits per heavy atom. The maximum Gasteiger partial charge on any atom is 0.305 e. The van der Waals surface area contributed by atoms with E-state index in [1.807, 2.05) is 60.7 Å². The molecule has 0 bridgehead atoms. The van der Waals surface area contributed by atoms with E-state index in [0.29, 0.717) is 37.4 Å². The quantitative estimate of drug-likeness (QED) is 0.446. The van der Waals surface area contributed by atoms with E-state index in [2.05, 4.69) is 10.4 Å². The van der Waals surface area contributed by atoms with E-state index in [1.54, 1.807) is 17.8 Å². The molecule has 3 aromatic rings. The molecule has 150 valence electrons. The third-order valence-electron chi connectivity index (χ3n) is 4.39. The molecule has 0 aliphatic rings. The highest BCUT2D eigenvalue weighted by Crippen LogP contribution is 2.22. The molecular formula is C23H25N3O3. The van der Waals surface area contributed by atoms with Crippen LogP contribution in [0.4, 0.5) is 0 Å². The molecule has 0 fully saturated rings. The van der Waals surface area contributed by atoms with Gasteiger partial charge in [0.05, 0.1) is 18.7 Å². The number of nitrogens with one attached hydrogen (secondary N) is 1. The molecule has 1 amide bonds. The first-order valence-corrected chi connectivity index (χ1v) is 9.78. The molecule has 6 nitrogen and oxygen atoms in total. The summed E-state index contributed by atoms with van der Waals surface area (Å²) in [6, 6.07) is 19.6. The van der Waals surface area contributed by atoms with E-state index in [1.165, 1.54) is 0 Å². The predicted molar refractivity (Wildman–Crippen MR) is 111 cm³/mol. The Balaban J connectivity index is 1.73. The van der Waals surface area contributed by atoms with Gasteiger partial charge < -0.3 is 10.1 Å². The Morgan fingerprint density at radius 3 is 2.41 bits per heavy atom. The molecule has 0 aliphatic carbocycles. The first kappa shape index (κ1) is 20.3. The smallest absolute Gasteiger partial charge is 0.305 e. The van der Waals surface area contributed by atoms with Gasteiger partial charge in [0.15, 0.2) is 0 Å².